The van der Waals surface area contributed by atoms with Crippen molar-refractivity contribution in [3.05, 3.63) is 45.6 Å². The predicted molar refractivity (Wildman–Crippen MR) is 83.2 cm³/mol. The van der Waals surface area contributed by atoms with Crippen LogP contribution in [0.4, 0.5) is 5.82 Å². The molecule has 0 radical (unpaired) electrons. The zero-order valence-corrected chi connectivity index (χ0v) is 13.2. The van der Waals surface area contributed by atoms with Gasteiger partial charge >= 0.3 is 0 Å². The molecule has 2 rings (SSSR count). The summed E-state index contributed by atoms with van der Waals surface area (Å²) in [5, 5.41) is 12.0. The molecule has 0 atom stereocenters. The monoisotopic (exact) mass is 350 g/mol. The molecule has 0 aliphatic heterocycles. The Morgan fingerprint density at radius 1 is 1.24 bits per heavy atom. The number of carbonyl (C=O) groups excluding carboxylic acids is 2. The number of H-pyrrole nitrogens is 1. The lowest BCUT2D eigenvalue weighted by molar-refractivity contribution is -0.115. The maximum absolute atomic E-state index is 11.9. The Bertz CT molecular complexity index is 664. The lowest BCUT2D eigenvalue weighted by Crippen LogP contribution is -2.33. The van der Waals surface area contributed by atoms with Gasteiger partial charge in [0.05, 0.1) is 6.54 Å². The van der Waals surface area contributed by atoms with E-state index in [1.54, 1.807) is 24.3 Å². The summed E-state index contributed by atoms with van der Waals surface area (Å²) in [6, 6.07) is 6.90. The molecule has 3 N–H and O–H groups in total. The van der Waals surface area contributed by atoms with Crippen molar-refractivity contribution >= 4 is 33.6 Å². The molecular formula is C14H15BrN4O2. The van der Waals surface area contributed by atoms with Crippen molar-refractivity contribution in [2.24, 2.45) is 0 Å². The van der Waals surface area contributed by atoms with Crippen LogP contribution in [0, 0.1) is 13.8 Å². The third kappa shape index (κ3) is 3.91. The predicted octanol–water partition coefficient (Wildman–Crippen LogP) is 2.16. The quantitative estimate of drug-likeness (QED) is 0.789. The van der Waals surface area contributed by atoms with E-state index >= 15 is 0 Å². The van der Waals surface area contributed by atoms with Gasteiger partial charge in [0, 0.05) is 21.3 Å². The molecule has 0 fully saturated rings. The first kappa shape index (κ1) is 15.2. The van der Waals surface area contributed by atoms with Crippen LogP contribution in [0.15, 0.2) is 28.7 Å². The smallest absolute Gasteiger partial charge is 0.251 e. The molecule has 1 aromatic heterocycles. The first-order valence-electron chi connectivity index (χ1n) is 6.32. The Labute approximate surface area is 130 Å². The minimum Gasteiger partial charge on any atom is -0.343 e. The molecule has 1 heterocycles. The molecule has 2 amide bonds. The standard InChI is InChI=1S/C14H15BrN4O2/c1-8-9(2)18-19-13(8)17-12(20)7-16-14(21)10-3-5-11(15)6-4-10/h3-6H,7H2,1-2H3,(H,16,21)(H2,17,18,19,20). The number of anilines is 1. The van der Waals surface area contributed by atoms with Crippen molar-refractivity contribution in [1.82, 2.24) is 15.5 Å². The molecule has 0 unspecified atom stereocenters. The highest BCUT2D eigenvalue weighted by Crippen LogP contribution is 2.13. The van der Waals surface area contributed by atoms with E-state index in [9.17, 15) is 9.59 Å². The van der Waals surface area contributed by atoms with Crippen LogP contribution in [-0.4, -0.2) is 28.6 Å². The van der Waals surface area contributed by atoms with E-state index in [0.717, 1.165) is 15.7 Å². The number of carbonyl (C=O) groups is 2. The molecule has 1 aromatic carbocycles. The number of hydrogen-bond donors (Lipinski definition) is 3. The van der Waals surface area contributed by atoms with E-state index < -0.39 is 0 Å². The van der Waals surface area contributed by atoms with Gasteiger partial charge in [-0.1, -0.05) is 15.9 Å². The van der Waals surface area contributed by atoms with E-state index in [2.05, 4.69) is 36.8 Å². The summed E-state index contributed by atoms with van der Waals surface area (Å²) in [5.41, 5.74) is 2.27. The summed E-state index contributed by atoms with van der Waals surface area (Å²) in [7, 11) is 0. The van der Waals surface area contributed by atoms with Gasteiger partial charge in [0.1, 0.15) is 0 Å². The Kier molecular flexibility index (Phi) is 4.74. The molecule has 0 saturated heterocycles. The van der Waals surface area contributed by atoms with Gasteiger partial charge in [-0.05, 0) is 38.1 Å². The molecule has 0 aliphatic carbocycles. The molecule has 0 spiro atoms. The number of nitrogens with zero attached hydrogens (tertiary/aromatic N) is 1. The molecule has 0 aliphatic rings. The second-order valence-electron chi connectivity index (χ2n) is 4.56. The van der Waals surface area contributed by atoms with Crippen molar-refractivity contribution in [2.75, 3.05) is 11.9 Å². The Hall–Kier alpha value is -2.15. The number of amides is 2. The fourth-order valence-corrected chi connectivity index (χ4v) is 1.91. The normalized spacial score (nSPS) is 10.2. The van der Waals surface area contributed by atoms with Crippen molar-refractivity contribution < 1.29 is 9.59 Å². The second kappa shape index (κ2) is 6.53. The van der Waals surface area contributed by atoms with Crippen LogP contribution < -0.4 is 10.6 Å². The van der Waals surface area contributed by atoms with Gasteiger partial charge in [0.15, 0.2) is 5.82 Å². The Morgan fingerprint density at radius 3 is 2.48 bits per heavy atom. The summed E-state index contributed by atoms with van der Waals surface area (Å²) in [6.07, 6.45) is 0. The molecule has 2 aromatic rings. The first-order chi connectivity index (χ1) is 9.97. The molecule has 110 valence electrons. The molecule has 7 heteroatoms. The van der Waals surface area contributed by atoms with Crippen molar-refractivity contribution in [1.29, 1.82) is 0 Å². The zero-order chi connectivity index (χ0) is 15.4. The van der Waals surface area contributed by atoms with Crippen molar-refractivity contribution in [2.45, 2.75) is 13.8 Å². The number of aromatic nitrogens is 2. The minimum atomic E-state index is -0.324. The van der Waals surface area contributed by atoms with Crippen LogP contribution in [-0.2, 0) is 4.79 Å². The highest BCUT2D eigenvalue weighted by Gasteiger charge is 2.11. The van der Waals surface area contributed by atoms with E-state index in [1.165, 1.54) is 0 Å². The van der Waals surface area contributed by atoms with Gasteiger partial charge in [-0.2, -0.15) is 5.10 Å². The molecule has 21 heavy (non-hydrogen) atoms. The number of rotatable bonds is 4. The van der Waals surface area contributed by atoms with Crippen molar-refractivity contribution in [3.63, 3.8) is 0 Å². The minimum absolute atomic E-state index is 0.111. The topological polar surface area (TPSA) is 86.9 Å². The lowest BCUT2D eigenvalue weighted by Gasteiger charge is -2.06. The SMILES string of the molecule is Cc1[nH]nc(NC(=O)CNC(=O)c2ccc(Br)cc2)c1C. The largest absolute Gasteiger partial charge is 0.343 e. The van der Waals surface area contributed by atoms with Gasteiger partial charge in [0.2, 0.25) is 5.91 Å². The summed E-state index contributed by atoms with van der Waals surface area (Å²) >= 11 is 3.30. The highest BCUT2D eigenvalue weighted by atomic mass is 79.9. The molecule has 6 nitrogen and oxygen atoms in total. The Balaban J connectivity index is 1.88. The lowest BCUT2D eigenvalue weighted by atomic mass is 10.2. The third-order valence-corrected chi connectivity index (χ3v) is 3.56. The number of nitrogens with one attached hydrogen (secondary N) is 3. The van der Waals surface area contributed by atoms with Crippen LogP contribution >= 0.6 is 15.9 Å². The van der Waals surface area contributed by atoms with Crippen LogP contribution in [0.3, 0.4) is 0 Å². The molecule has 0 saturated carbocycles. The molecular weight excluding hydrogens is 336 g/mol. The van der Waals surface area contributed by atoms with E-state index in [0.29, 0.717) is 11.4 Å². The average Bonchev–Trinajstić information content (AvgIpc) is 2.77. The van der Waals surface area contributed by atoms with Crippen LogP contribution in [0.1, 0.15) is 21.6 Å². The first-order valence-corrected chi connectivity index (χ1v) is 7.12. The fourth-order valence-electron chi connectivity index (χ4n) is 1.65. The van der Waals surface area contributed by atoms with Gasteiger partial charge in [0.25, 0.3) is 5.91 Å². The number of benzene rings is 1. The summed E-state index contributed by atoms with van der Waals surface area (Å²) in [5.74, 6) is -0.141. The van der Waals surface area contributed by atoms with E-state index in [-0.39, 0.29) is 18.4 Å². The number of aryl methyl sites for hydroxylation is 1. The maximum atomic E-state index is 11.9. The summed E-state index contributed by atoms with van der Waals surface area (Å²) < 4.78 is 0.890. The summed E-state index contributed by atoms with van der Waals surface area (Å²) in [4.78, 5) is 23.6. The average molecular weight is 351 g/mol. The Morgan fingerprint density at radius 2 is 1.90 bits per heavy atom. The van der Waals surface area contributed by atoms with Gasteiger partial charge in [-0.3, -0.25) is 14.7 Å². The second-order valence-corrected chi connectivity index (χ2v) is 5.48. The number of hydrogen-bond acceptors (Lipinski definition) is 3. The van der Waals surface area contributed by atoms with Gasteiger partial charge < -0.3 is 10.6 Å². The number of halogens is 1. The van der Waals surface area contributed by atoms with Crippen LogP contribution in [0.25, 0.3) is 0 Å². The van der Waals surface area contributed by atoms with Crippen LogP contribution in [0.5, 0.6) is 0 Å². The number of aromatic amines is 1. The van der Waals surface area contributed by atoms with Crippen LogP contribution in [0.2, 0.25) is 0 Å². The molecule has 0 bridgehead atoms. The van der Waals surface area contributed by atoms with Crippen molar-refractivity contribution in [3.8, 4) is 0 Å². The zero-order valence-electron chi connectivity index (χ0n) is 11.7. The summed E-state index contributed by atoms with van der Waals surface area (Å²) in [6.45, 7) is 3.61. The maximum Gasteiger partial charge on any atom is 0.251 e. The van der Waals surface area contributed by atoms with Gasteiger partial charge in [-0.15, -0.1) is 0 Å². The van der Waals surface area contributed by atoms with E-state index in [4.69, 9.17) is 0 Å². The van der Waals surface area contributed by atoms with E-state index in [1.807, 2.05) is 13.8 Å². The third-order valence-electron chi connectivity index (χ3n) is 3.03. The fraction of sp³-hybridized carbons (Fsp3) is 0.214. The highest BCUT2D eigenvalue weighted by molar-refractivity contribution is 9.10. The van der Waals surface area contributed by atoms with Gasteiger partial charge in [-0.25, -0.2) is 0 Å².